The molecule has 118 valence electrons. The third-order valence-corrected chi connectivity index (χ3v) is 3.91. The van der Waals surface area contributed by atoms with Gasteiger partial charge in [-0.15, -0.1) is 0 Å². The van der Waals surface area contributed by atoms with Gasteiger partial charge >= 0.3 is 0 Å². The zero-order chi connectivity index (χ0) is 16.5. The van der Waals surface area contributed by atoms with Crippen LogP contribution in [-0.4, -0.2) is 15.1 Å². The topological polar surface area (TPSA) is 55.2 Å². The second-order valence-electron chi connectivity index (χ2n) is 4.38. The highest BCUT2D eigenvalue weighted by Gasteiger charge is 2.00. The highest BCUT2D eigenvalue weighted by atomic mass is 79.9. The Hall–Kier alpha value is -1.92. The predicted octanol–water partition coefficient (Wildman–Crippen LogP) is 4.97. The number of aromatic hydroxyl groups is 1. The summed E-state index contributed by atoms with van der Waals surface area (Å²) in [5.74, 6) is 0.939. The third kappa shape index (κ3) is 6.00. The van der Waals surface area contributed by atoms with E-state index in [2.05, 4.69) is 41.8 Å². The number of pyridine rings is 2. The molecule has 0 unspecified atom stereocenters. The van der Waals surface area contributed by atoms with Gasteiger partial charge in [-0.05, 0) is 61.7 Å². The monoisotopic (exact) mass is 436 g/mol. The molecule has 0 aliphatic carbocycles. The molecule has 0 bridgehead atoms. The van der Waals surface area contributed by atoms with Crippen molar-refractivity contribution in [1.29, 1.82) is 0 Å². The number of rotatable bonds is 3. The van der Waals surface area contributed by atoms with Crippen LogP contribution in [0.5, 0.6) is 11.5 Å². The Bertz CT molecular complexity index is 718. The summed E-state index contributed by atoms with van der Waals surface area (Å²) in [6, 6.07) is 17.0. The van der Waals surface area contributed by atoms with Crippen LogP contribution in [0, 0.1) is 0 Å². The Morgan fingerprint density at radius 2 is 1.48 bits per heavy atom. The Morgan fingerprint density at radius 3 is 2.04 bits per heavy atom. The van der Waals surface area contributed by atoms with E-state index in [-0.39, 0.29) is 5.75 Å². The molecule has 6 heteroatoms. The number of hydrogen-bond donors (Lipinski definition) is 1. The van der Waals surface area contributed by atoms with Crippen LogP contribution in [0.1, 0.15) is 5.56 Å². The largest absolute Gasteiger partial charge is 0.505 e. The van der Waals surface area contributed by atoms with Gasteiger partial charge in [0.05, 0.1) is 0 Å². The quantitative estimate of drug-likeness (QED) is 0.587. The van der Waals surface area contributed by atoms with Crippen LogP contribution < -0.4 is 4.74 Å². The van der Waals surface area contributed by atoms with Crippen LogP contribution >= 0.6 is 31.9 Å². The third-order valence-electron chi connectivity index (χ3n) is 2.70. The molecular formula is C17H14Br2N2O2. The molecule has 3 rings (SSSR count). The number of halogens is 2. The van der Waals surface area contributed by atoms with Crippen LogP contribution in [0.25, 0.3) is 0 Å². The standard InChI is InChI=1S/C12H10BrNO.C5H4BrNO/c13-12-11(7-4-8-14-12)15-9-10-5-2-1-3-6-10;6-5-4(8)2-1-3-7-5/h1-8H,9H2;1-3,8H. The van der Waals surface area contributed by atoms with E-state index in [1.165, 1.54) is 0 Å². The first-order chi connectivity index (χ1) is 11.2. The summed E-state index contributed by atoms with van der Waals surface area (Å²) >= 11 is 6.37. The molecule has 0 radical (unpaired) electrons. The first-order valence-corrected chi connectivity index (χ1v) is 8.32. The van der Waals surface area contributed by atoms with Gasteiger partial charge in [-0.2, -0.15) is 0 Å². The Balaban J connectivity index is 0.000000203. The number of hydrogen-bond acceptors (Lipinski definition) is 4. The molecule has 0 saturated carbocycles. The van der Waals surface area contributed by atoms with Crippen LogP contribution in [0.2, 0.25) is 0 Å². The first-order valence-electron chi connectivity index (χ1n) is 6.73. The molecule has 23 heavy (non-hydrogen) atoms. The van der Waals surface area contributed by atoms with Crippen molar-refractivity contribution in [3.8, 4) is 11.5 Å². The summed E-state index contributed by atoms with van der Waals surface area (Å²) < 4.78 is 6.84. The van der Waals surface area contributed by atoms with Crippen LogP contribution in [-0.2, 0) is 6.61 Å². The van der Waals surface area contributed by atoms with E-state index in [0.29, 0.717) is 11.2 Å². The van der Waals surface area contributed by atoms with Crippen molar-refractivity contribution in [1.82, 2.24) is 9.97 Å². The molecule has 2 heterocycles. The first kappa shape index (κ1) is 17.4. The van der Waals surface area contributed by atoms with Gasteiger partial charge in [0.1, 0.15) is 21.6 Å². The maximum atomic E-state index is 8.81. The molecule has 0 fully saturated rings. The number of nitrogens with zero attached hydrogens (tertiary/aromatic N) is 2. The van der Waals surface area contributed by atoms with E-state index in [1.807, 2.05) is 42.5 Å². The molecule has 0 aliphatic rings. The summed E-state index contributed by atoms with van der Waals surface area (Å²) in [5.41, 5.74) is 1.15. The van der Waals surface area contributed by atoms with Gasteiger partial charge in [0, 0.05) is 12.4 Å². The van der Waals surface area contributed by atoms with Crippen molar-refractivity contribution in [3.63, 3.8) is 0 Å². The van der Waals surface area contributed by atoms with E-state index < -0.39 is 0 Å². The molecule has 1 N–H and O–H groups in total. The molecule has 1 aromatic carbocycles. The van der Waals surface area contributed by atoms with Gasteiger partial charge in [-0.25, -0.2) is 9.97 Å². The normalized spacial score (nSPS) is 9.65. The minimum absolute atomic E-state index is 0.174. The molecule has 0 amide bonds. The van der Waals surface area contributed by atoms with Crippen molar-refractivity contribution in [2.24, 2.45) is 0 Å². The van der Waals surface area contributed by atoms with Crippen molar-refractivity contribution in [2.45, 2.75) is 6.61 Å². The van der Waals surface area contributed by atoms with Gasteiger partial charge in [-0.1, -0.05) is 30.3 Å². The average molecular weight is 438 g/mol. The van der Waals surface area contributed by atoms with Crippen molar-refractivity contribution in [3.05, 3.63) is 81.8 Å². The van der Waals surface area contributed by atoms with Crippen LogP contribution in [0.3, 0.4) is 0 Å². The predicted molar refractivity (Wildman–Crippen MR) is 96.3 cm³/mol. The van der Waals surface area contributed by atoms with Gasteiger partial charge < -0.3 is 9.84 Å². The highest BCUT2D eigenvalue weighted by molar-refractivity contribution is 9.10. The SMILES string of the molecule is Brc1ncccc1OCc1ccccc1.Oc1cccnc1Br. The zero-order valence-corrected chi connectivity index (χ0v) is 15.2. The van der Waals surface area contributed by atoms with E-state index in [0.717, 1.165) is 15.9 Å². The highest BCUT2D eigenvalue weighted by Crippen LogP contribution is 2.22. The van der Waals surface area contributed by atoms with Gasteiger partial charge in [0.2, 0.25) is 0 Å². The minimum Gasteiger partial charge on any atom is -0.505 e. The summed E-state index contributed by atoms with van der Waals surface area (Å²) in [7, 11) is 0. The fourth-order valence-electron chi connectivity index (χ4n) is 1.59. The van der Waals surface area contributed by atoms with E-state index in [4.69, 9.17) is 9.84 Å². The Kier molecular flexibility index (Phi) is 7.03. The van der Waals surface area contributed by atoms with Crippen molar-refractivity contribution in [2.75, 3.05) is 0 Å². The molecule has 4 nitrogen and oxygen atoms in total. The number of aromatic nitrogens is 2. The van der Waals surface area contributed by atoms with E-state index >= 15 is 0 Å². The molecule has 0 atom stereocenters. The second-order valence-corrected chi connectivity index (χ2v) is 5.88. The van der Waals surface area contributed by atoms with Crippen LogP contribution in [0.4, 0.5) is 0 Å². The van der Waals surface area contributed by atoms with Gasteiger partial charge in [0.25, 0.3) is 0 Å². The molecule has 0 saturated heterocycles. The molecular weight excluding hydrogens is 424 g/mol. The van der Waals surface area contributed by atoms with Gasteiger partial charge in [0.15, 0.2) is 5.75 Å². The summed E-state index contributed by atoms with van der Waals surface area (Å²) in [6.45, 7) is 0.561. The fourth-order valence-corrected chi connectivity index (χ4v) is 2.21. The smallest absolute Gasteiger partial charge is 0.152 e. The lowest BCUT2D eigenvalue weighted by molar-refractivity contribution is 0.302. The van der Waals surface area contributed by atoms with Crippen molar-refractivity contribution < 1.29 is 9.84 Å². The molecule has 0 aliphatic heterocycles. The summed E-state index contributed by atoms with van der Waals surface area (Å²) in [6.07, 6.45) is 3.32. The lowest BCUT2D eigenvalue weighted by Crippen LogP contribution is -1.96. The van der Waals surface area contributed by atoms with Crippen LogP contribution in [0.15, 0.2) is 76.2 Å². The number of benzene rings is 1. The summed E-state index contributed by atoms with van der Waals surface area (Å²) in [4.78, 5) is 7.83. The Labute approximate surface area is 151 Å². The lowest BCUT2D eigenvalue weighted by atomic mass is 10.2. The number of ether oxygens (including phenoxy) is 1. The second kappa shape index (κ2) is 9.27. The molecule has 3 aromatic rings. The maximum absolute atomic E-state index is 8.81. The zero-order valence-electron chi connectivity index (χ0n) is 12.1. The Morgan fingerprint density at radius 1 is 0.826 bits per heavy atom. The van der Waals surface area contributed by atoms with E-state index in [1.54, 1.807) is 24.5 Å². The molecule has 2 aromatic heterocycles. The molecule has 0 spiro atoms. The maximum Gasteiger partial charge on any atom is 0.152 e. The van der Waals surface area contributed by atoms with Crippen molar-refractivity contribution >= 4 is 31.9 Å². The lowest BCUT2D eigenvalue weighted by Gasteiger charge is -2.06. The summed E-state index contributed by atoms with van der Waals surface area (Å²) in [5, 5.41) is 8.81. The fraction of sp³-hybridized carbons (Fsp3) is 0.0588. The minimum atomic E-state index is 0.174. The van der Waals surface area contributed by atoms with Gasteiger partial charge in [-0.3, -0.25) is 0 Å². The average Bonchev–Trinajstić information content (AvgIpc) is 2.58. The van der Waals surface area contributed by atoms with E-state index in [9.17, 15) is 0 Å².